The van der Waals surface area contributed by atoms with Gasteiger partial charge in [0.15, 0.2) is 0 Å². The lowest BCUT2D eigenvalue weighted by molar-refractivity contribution is -0.132. The fourth-order valence-electron chi connectivity index (χ4n) is 1.20. The summed E-state index contributed by atoms with van der Waals surface area (Å²) in [6.07, 6.45) is 5.00. The summed E-state index contributed by atoms with van der Waals surface area (Å²) in [6.45, 7) is 11.3. The maximum Gasteiger partial charge on any atom is 0.327 e. The molecule has 0 fully saturated rings. The van der Waals surface area contributed by atoms with Crippen molar-refractivity contribution in [3.63, 3.8) is 0 Å². The molecule has 0 aliphatic heterocycles. The van der Waals surface area contributed by atoms with Gasteiger partial charge in [0.2, 0.25) is 0 Å². The molecule has 0 radical (unpaired) electrons. The number of carboxylic acids is 6. The minimum absolute atomic E-state index is 0.406. The summed E-state index contributed by atoms with van der Waals surface area (Å²) in [6, 6.07) is 0. The molecule has 0 aliphatic carbocycles. The molecule has 0 rings (SSSR count). The van der Waals surface area contributed by atoms with E-state index in [1.54, 1.807) is 0 Å². The molecular weight excluding hydrogens is 904 g/mol. The van der Waals surface area contributed by atoms with Crippen LogP contribution in [0.25, 0.3) is 0 Å². The minimum Gasteiger partial charge on any atom is -0.478 e. The van der Waals surface area contributed by atoms with Gasteiger partial charge in [-0.3, -0.25) is 0 Å². The predicted molar refractivity (Wildman–Crippen MR) is 230 cm³/mol. The first kappa shape index (κ1) is 84.1. The Hall–Kier alpha value is -5.38. The van der Waals surface area contributed by atoms with Gasteiger partial charge in [-0.25, -0.2) is 28.8 Å². The lowest BCUT2D eigenvalue weighted by Crippen LogP contribution is -2.37. The molecule has 0 amide bonds. The van der Waals surface area contributed by atoms with Crippen LogP contribution >= 0.6 is 0 Å². The Bertz CT molecular complexity index is 948. The van der Waals surface area contributed by atoms with E-state index in [-0.39, 0.29) is 0 Å². The average molecular weight is 977 g/mol. The van der Waals surface area contributed by atoms with Crippen molar-refractivity contribution in [3.8, 4) is 0 Å². The van der Waals surface area contributed by atoms with E-state index in [0.717, 1.165) is 36.5 Å². The molecule has 66 heavy (non-hydrogen) atoms. The van der Waals surface area contributed by atoms with E-state index >= 15 is 0 Å². The second-order valence-corrected chi connectivity index (χ2v) is 11.8. The van der Waals surface area contributed by atoms with Crippen LogP contribution in [-0.4, -0.2) is 254 Å². The van der Waals surface area contributed by atoms with Crippen molar-refractivity contribution in [3.05, 3.63) is 75.9 Å². The summed E-state index contributed by atoms with van der Waals surface area (Å²) in [5, 5.41) is 182. The van der Waals surface area contributed by atoms with E-state index in [2.05, 4.69) is 39.5 Å². The molecular formula is C38H72O28. The highest BCUT2D eigenvalue weighted by atomic mass is 16.4. The van der Waals surface area contributed by atoms with Crippen molar-refractivity contribution in [2.75, 3.05) is 106 Å². The number of aliphatic carboxylic acids is 6. The van der Waals surface area contributed by atoms with E-state index in [4.69, 9.17) is 112 Å². The molecule has 0 atom stereocenters. The summed E-state index contributed by atoms with van der Waals surface area (Å²) < 4.78 is 0. The van der Waals surface area contributed by atoms with Crippen molar-refractivity contribution >= 4 is 35.8 Å². The van der Waals surface area contributed by atoms with Gasteiger partial charge in [0.25, 0.3) is 0 Å². The summed E-state index contributed by atoms with van der Waals surface area (Å²) >= 11 is 0. The maximum atomic E-state index is 9.25. The SMILES string of the molecule is C=CC(=O)O.C=CC(=O)O.C=CC(=O)O.C=CC(=O)O.C=CC(=O)O.C=CC(=O)O.OCC(CO)(CO)CO.OCC(CO)(CO)CO.OCC(CO)(CO)CO.OCC(CO)(CO)CO. The Labute approximate surface area is 380 Å². The third-order valence-corrected chi connectivity index (χ3v) is 6.41. The van der Waals surface area contributed by atoms with Gasteiger partial charge < -0.3 is 112 Å². The number of hydrogen-bond donors (Lipinski definition) is 22. The average Bonchev–Trinajstić information content (AvgIpc) is 3.34. The van der Waals surface area contributed by atoms with E-state index in [9.17, 15) is 28.8 Å². The second kappa shape index (κ2) is 59.6. The number of hydrogen-bond acceptors (Lipinski definition) is 22. The van der Waals surface area contributed by atoms with Crippen LogP contribution in [0.2, 0.25) is 0 Å². The van der Waals surface area contributed by atoms with Gasteiger partial charge >= 0.3 is 35.8 Å². The van der Waals surface area contributed by atoms with Crippen LogP contribution in [0.1, 0.15) is 0 Å². The van der Waals surface area contributed by atoms with Gasteiger partial charge in [-0.2, -0.15) is 0 Å². The topological polar surface area (TPSA) is 547 Å². The van der Waals surface area contributed by atoms with Crippen molar-refractivity contribution in [1.82, 2.24) is 0 Å². The highest BCUT2D eigenvalue weighted by molar-refractivity contribution is 5.80. The van der Waals surface area contributed by atoms with E-state index < -0.39 is 163 Å². The van der Waals surface area contributed by atoms with E-state index in [0.29, 0.717) is 0 Å². The first-order valence-corrected chi connectivity index (χ1v) is 17.5. The summed E-state index contributed by atoms with van der Waals surface area (Å²) in [7, 11) is 0. The first-order chi connectivity index (χ1) is 30.6. The zero-order valence-electron chi connectivity index (χ0n) is 36.3. The van der Waals surface area contributed by atoms with E-state index in [1.165, 1.54) is 0 Å². The third-order valence-electron chi connectivity index (χ3n) is 6.41. The fraction of sp³-hybridized carbons (Fsp3) is 0.526. The Morgan fingerprint density at radius 1 is 0.227 bits per heavy atom. The quantitative estimate of drug-likeness (QED) is 0.0448. The molecule has 28 heteroatoms. The number of aliphatic hydroxyl groups excluding tert-OH is 16. The van der Waals surface area contributed by atoms with E-state index in [1.807, 2.05) is 0 Å². The molecule has 392 valence electrons. The molecule has 22 N–H and O–H groups in total. The Kier molecular flexibility index (Phi) is 76.0. The Morgan fingerprint density at radius 3 is 0.273 bits per heavy atom. The summed E-state index contributed by atoms with van der Waals surface area (Å²) in [4.78, 5) is 55.5. The lowest BCUT2D eigenvalue weighted by Gasteiger charge is -2.23. The highest BCUT2D eigenvalue weighted by Gasteiger charge is 2.28. The van der Waals surface area contributed by atoms with Crippen LogP contribution < -0.4 is 0 Å². The first-order valence-electron chi connectivity index (χ1n) is 17.5. The third kappa shape index (κ3) is 65.2. The molecule has 0 heterocycles. The molecule has 0 saturated carbocycles. The Balaban J connectivity index is -0.0000000668. The van der Waals surface area contributed by atoms with Crippen LogP contribution in [0.15, 0.2) is 75.9 Å². The number of carbonyl (C=O) groups is 6. The predicted octanol–water partition coefficient (Wildman–Crippen LogP) is -6.69. The molecule has 0 aliphatic rings. The largest absolute Gasteiger partial charge is 0.478 e. The molecule has 0 saturated heterocycles. The minimum atomic E-state index is -1.11. The maximum absolute atomic E-state index is 9.25. The second-order valence-electron chi connectivity index (χ2n) is 11.8. The zero-order chi connectivity index (χ0) is 55.0. The number of rotatable bonds is 22. The molecule has 0 bridgehead atoms. The van der Waals surface area contributed by atoms with Gasteiger partial charge in [-0.1, -0.05) is 39.5 Å². The van der Waals surface area contributed by atoms with Crippen molar-refractivity contribution in [1.29, 1.82) is 0 Å². The Morgan fingerprint density at radius 2 is 0.273 bits per heavy atom. The lowest BCUT2D eigenvalue weighted by atomic mass is 9.93. The highest BCUT2D eigenvalue weighted by Crippen LogP contribution is 2.14. The summed E-state index contributed by atoms with van der Waals surface area (Å²) in [5.74, 6) is -5.89. The monoisotopic (exact) mass is 976 g/mol. The van der Waals surface area contributed by atoms with Crippen LogP contribution in [0.4, 0.5) is 0 Å². The number of carboxylic acid groups (broad SMARTS) is 6. The van der Waals surface area contributed by atoms with Crippen molar-refractivity contribution < 1.29 is 141 Å². The number of aliphatic hydroxyl groups is 16. The summed E-state index contributed by atoms with van der Waals surface area (Å²) in [5.41, 5.74) is -4.44. The van der Waals surface area contributed by atoms with Gasteiger partial charge in [0, 0.05) is 36.5 Å². The van der Waals surface area contributed by atoms with Crippen LogP contribution in [0, 0.1) is 21.7 Å². The standard InChI is InChI=1S/4C5H12O4.6C3H4O2/c4*6-1-5(2-7,3-8)4-9;6*1-2-3(4)5/h4*6-9H,1-4H2;6*2H,1H2,(H,4,5). The molecule has 0 aromatic heterocycles. The zero-order valence-corrected chi connectivity index (χ0v) is 36.3. The van der Waals surface area contributed by atoms with Crippen LogP contribution in [0.3, 0.4) is 0 Å². The van der Waals surface area contributed by atoms with Gasteiger partial charge in [0.1, 0.15) is 0 Å². The molecule has 28 nitrogen and oxygen atoms in total. The molecule has 0 spiro atoms. The smallest absolute Gasteiger partial charge is 0.327 e. The normalized spacial score (nSPS) is 9.45. The van der Waals surface area contributed by atoms with Crippen LogP contribution in [0.5, 0.6) is 0 Å². The molecule has 0 aromatic carbocycles. The molecule has 0 unspecified atom stereocenters. The van der Waals surface area contributed by atoms with Gasteiger partial charge in [-0.15, -0.1) is 0 Å². The molecule has 0 aromatic rings. The van der Waals surface area contributed by atoms with Gasteiger partial charge in [-0.05, 0) is 0 Å². The van der Waals surface area contributed by atoms with Crippen molar-refractivity contribution in [2.24, 2.45) is 21.7 Å². The fourth-order valence-corrected chi connectivity index (χ4v) is 1.20. The van der Waals surface area contributed by atoms with Crippen LogP contribution in [-0.2, 0) is 28.8 Å². The van der Waals surface area contributed by atoms with Gasteiger partial charge in [0.05, 0.1) is 127 Å². The van der Waals surface area contributed by atoms with Crippen molar-refractivity contribution in [2.45, 2.75) is 0 Å².